The van der Waals surface area contributed by atoms with Crippen molar-refractivity contribution in [3.05, 3.63) is 10.1 Å². The van der Waals surface area contributed by atoms with E-state index in [2.05, 4.69) is 0 Å². The van der Waals surface area contributed by atoms with Gasteiger partial charge in [0, 0.05) is 23.6 Å². The summed E-state index contributed by atoms with van der Waals surface area (Å²) in [5, 5.41) is 0.320. The van der Waals surface area contributed by atoms with Gasteiger partial charge in [-0.25, -0.2) is 0 Å². The Hall–Kier alpha value is 2.06. The van der Waals surface area contributed by atoms with E-state index < -0.39 is 14.1 Å². The van der Waals surface area contributed by atoms with E-state index in [1.807, 2.05) is 0 Å². The molecular formula is C9H6Cl8. The van der Waals surface area contributed by atoms with Crippen molar-refractivity contribution in [3.8, 4) is 0 Å². The molecule has 1 saturated carbocycles. The lowest BCUT2D eigenvalue weighted by Crippen LogP contribution is -2.45. The molecule has 0 heterocycles. The Balaban J connectivity index is 2.72. The molecule has 0 unspecified atom stereocenters. The maximum absolute atomic E-state index is 6.50. The molecule has 2 aliphatic rings. The Kier molecular flexibility index (Phi) is 4.12. The standard InChI is InChI=1S/C9H6Cl8/c10-1-3-4(2-11)8(15)6(13)5(12)7(3,14)9(8,16)17/h3-4H,1-2H2/t3-,4+,7-,8-/m1/s1. The summed E-state index contributed by atoms with van der Waals surface area (Å²) in [6, 6.07) is 0. The highest BCUT2D eigenvalue weighted by atomic mass is 35.5. The van der Waals surface area contributed by atoms with E-state index >= 15 is 0 Å². The number of allylic oxidation sites excluding steroid dienone is 2. The molecule has 0 aromatic heterocycles. The lowest BCUT2D eigenvalue weighted by molar-refractivity contribution is 0.391. The second-order valence-corrected chi connectivity index (χ2v) is 8.04. The first-order valence-electron chi connectivity index (χ1n) is 4.65. The number of hydrogen-bond acceptors (Lipinski definition) is 0. The third-order valence-electron chi connectivity index (χ3n) is 3.59. The van der Waals surface area contributed by atoms with Crippen molar-refractivity contribution in [2.24, 2.45) is 11.8 Å². The highest BCUT2D eigenvalue weighted by molar-refractivity contribution is 6.65. The molecular weight excluding hydrogens is 392 g/mol. The minimum absolute atomic E-state index is 0.160. The number of halogens is 8. The smallest absolute Gasteiger partial charge is 0.126 e. The van der Waals surface area contributed by atoms with Crippen molar-refractivity contribution >= 4 is 92.8 Å². The van der Waals surface area contributed by atoms with Crippen molar-refractivity contribution < 1.29 is 0 Å². The maximum atomic E-state index is 6.50. The van der Waals surface area contributed by atoms with Crippen LogP contribution in [0, 0.1) is 11.8 Å². The van der Waals surface area contributed by atoms with Gasteiger partial charge in [0.25, 0.3) is 0 Å². The van der Waals surface area contributed by atoms with Crippen LogP contribution in [0.1, 0.15) is 0 Å². The second-order valence-electron chi connectivity index (χ2n) is 4.15. The molecule has 0 nitrogen and oxygen atoms in total. The fourth-order valence-electron chi connectivity index (χ4n) is 2.63. The van der Waals surface area contributed by atoms with E-state index in [0.717, 1.165) is 0 Å². The average molecular weight is 398 g/mol. The van der Waals surface area contributed by atoms with Crippen molar-refractivity contribution in [3.63, 3.8) is 0 Å². The van der Waals surface area contributed by atoms with Crippen molar-refractivity contribution in [1.82, 2.24) is 0 Å². The molecule has 0 saturated heterocycles. The summed E-state index contributed by atoms with van der Waals surface area (Å²) in [5.74, 6) is -0.301. The fraction of sp³-hybridized carbons (Fsp3) is 0.778. The molecule has 0 aromatic carbocycles. The molecule has 8 heteroatoms. The van der Waals surface area contributed by atoms with Gasteiger partial charge < -0.3 is 0 Å². The zero-order valence-corrected chi connectivity index (χ0v) is 14.1. The van der Waals surface area contributed by atoms with Gasteiger partial charge in [0.2, 0.25) is 0 Å². The first-order valence-corrected chi connectivity index (χ1v) is 7.98. The summed E-state index contributed by atoms with van der Waals surface area (Å²) < 4.78 is -1.55. The third-order valence-corrected chi connectivity index (χ3v) is 8.60. The summed E-state index contributed by atoms with van der Waals surface area (Å²) in [5.41, 5.74) is 0. The Morgan fingerprint density at radius 2 is 1.06 bits per heavy atom. The molecule has 2 rings (SSSR count). The van der Waals surface area contributed by atoms with E-state index in [0.29, 0.717) is 0 Å². The Morgan fingerprint density at radius 1 is 0.765 bits per heavy atom. The van der Waals surface area contributed by atoms with Crippen molar-refractivity contribution in [1.29, 1.82) is 0 Å². The van der Waals surface area contributed by atoms with Gasteiger partial charge in [-0.1, -0.05) is 46.4 Å². The van der Waals surface area contributed by atoms with Crippen LogP contribution in [0.25, 0.3) is 0 Å². The molecule has 2 bridgehead atoms. The van der Waals surface area contributed by atoms with Crippen molar-refractivity contribution in [2.75, 3.05) is 11.8 Å². The molecule has 0 N–H and O–H groups in total. The largest absolute Gasteiger partial charge is 0.166 e. The highest BCUT2D eigenvalue weighted by Gasteiger charge is 2.81. The van der Waals surface area contributed by atoms with Gasteiger partial charge in [0.05, 0.1) is 10.1 Å². The predicted molar refractivity (Wildman–Crippen MR) is 78.8 cm³/mol. The van der Waals surface area contributed by atoms with Gasteiger partial charge in [-0.2, -0.15) is 0 Å². The van der Waals surface area contributed by atoms with Gasteiger partial charge in [-0.3, -0.25) is 0 Å². The van der Waals surface area contributed by atoms with Crippen LogP contribution in [0.5, 0.6) is 0 Å². The molecule has 17 heavy (non-hydrogen) atoms. The van der Waals surface area contributed by atoms with E-state index in [4.69, 9.17) is 92.8 Å². The van der Waals surface area contributed by atoms with E-state index in [9.17, 15) is 0 Å². The van der Waals surface area contributed by atoms with Crippen LogP contribution < -0.4 is 0 Å². The minimum Gasteiger partial charge on any atom is -0.126 e. The SMILES string of the molecule is ClC[C@@H]1[C@H](CCl)[C@@]2(Cl)C(Cl)=C(Cl)[C@@]1(Cl)C2(Cl)Cl. The Bertz CT molecular complexity index is 356. The quantitative estimate of drug-likeness (QED) is 0.536. The van der Waals surface area contributed by atoms with E-state index in [1.165, 1.54) is 0 Å². The van der Waals surface area contributed by atoms with E-state index in [1.54, 1.807) is 0 Å². The predicted octanol–water partition coefficient (Wildman–Crippen LogP) is 5.54. The lowest BCUT2D eigenvalue weighted by atomic mass is 9.84. The van der Waals surface area contributed by atoms with Gasteiger partial charge in [0.1, 0.15) is 9.75 Å². The molecule has 0 spiro atoms. The monoisotopic (exact) mass is 394 g/mol. The molecule has 1 fully saturated rings. The molecule has 98 valence electrons. The van der Waals surface area contributed by atoms with Crippen LogP contribution in [0.15, 0.2) is 10.1 Å². The van der Waals surface area contributed by atoms with Crippen LogP contribution in [-0.2, 0) is 0 Å². The summed E-state index contributed by atoms with van der Waals surface area (Å²) in [4.78, 5) is -2.59. The van der Waals surface area contributed by atoms with Gasteiger partial charge in [-0.05, 0) is 0 Å². The van der Waals surface area contributed by atoms with Crippen LogP contribution in [0.3, 0.4) is 0 Å². The molecule has 0 aliphatic heterocycles. The molecule has 0 aromatic rings. The van der Waals surface area contributed by atoms with Gasteiger partial charge in [0.15, 0.2) is 4.33 Å². The van der Waals surface area contributed by atoms with Gasteiger partial charge in [-0.15, -0.1) is 46.4 Å². The Labute approximate surface area is 139 Å². The van der Waals surface area contributed by atoms with Crippen LogP contribution in [0.2, 0.25) is 0 Å². The minimum atomic E-state index is -1.55. The molecule has 0 radical (unpaired) electrons. The van der Waals surface area contributed by atoms with Crippen LogP contribution in [-0.4, -0.2) is 25.8 Å². The summed E-state index contributed by atoms with van der Waals surface area (Å²) in [6.07, 6.45) is 0. The number of rotatable bonds is 2. The maximum Gasteiger partial charge on any atom is 0.166 e. The zero-order valence-electron chi connectivity index (χ0n) is 8.09. The Morgan fingerprint density at radius 3 is 1.29 bits per heavy atom. The number of alkyl halides is 6. The third kappa shape index (κ3) is 1.48. The fourth-order valence-corrected chi connectivity index (χ4v) is 6.77. The normalized spacial score (nSPS) is 48.0. The van der Waals surface area contributed by atoms with Crippen LogP contribution in [0.4, 0.5) is 0 Å². The lowest BCUT2D eigenvalue weighted by Gasteiger charge is -2.34. The van der Waals surface area contributed by atoms with Gasteiger partial charge >= 0.3 is 0 Å². The topological polar surface area (TPSA) is 0 Å². The van der Waals surface area contributed by atoms with Crippen LogP contribution >= 0.6 is 92.8 Å². The number of fused-ring (bicyclic) bond motifs is 2. The highest BCUT2D eigenvalue weighted by Crippen LogP contribution is 2.76. The first-order chi connectivity index (χ1) is 7.71. The number of hydrogen-bond donors (Lipinski definition) is 0. The molecule has 4 atom stereocenters. The first kappa shape index (κ1) is 15.4. The summed E-state index contributed by atoms with van der Waals surface area (Å²) in [6.45, 7) is 0. The van der Waals surface area contributed by atoms with E-state index in [-0.39, 0.29) is 33.7 Å². The average Bonchev–Trinajstić information content (AvgIpc) is 2.48. The van der Waals surface area contributed by atoms with Crippen molar-refractivity contribution in [2.45, 2.75) is 14.1 Å². The zero-order chi connectivity index (χ0) is 13.2. The molecule has 2 aliphatic carbocycles. The second kappa shape index (κ2) is 4.53. The summed E-state index contributed by atoms with van der Waals surface area (Å²) in [7, 11) is 0. The molecule has 0 amide bonds. The summed E-state index contributed by atoms with van der Waals surface area (Å²) >= 11 is 49.8.